The van der Waals surface area contributed by atoms with Gasteiger partial charge in [0.1, 0.15) is 5.82 Å². The molecular formula is C18H18N6OS. The molecule has 0 bridgehead atoms. The molecule has 0 aliphatic rings. The van der Waals surface area contributed by atoms with Crippen LogP contribution < -0.4 is 5.32 Å². The number of aromatic nitrogens is 3. The molecule has 0 aliphatic carbocycles. The van der Waals surface area contributed by atoms with E-state index in [1.165, 1.54) is 11.8 Å². The molecule has 1 aromatic heterocycles. The summed E-state index contributed by atoms with van der Waals surface area (Å²) >= 11 is 1.29. The lowest BCUT2D eigenvalue weighted by Crippen LogP contribution is -2.13. The van der Waals surface area contributed by atoms with E-state index in [2.05, 4.69) is 30.7 Å². The number of hydrogen-bond donors (Lipinski definition) is 2. The van der Waals surface area contributed by atoms with Gasteiger partial charge in [0.05, 0.1) is 17.1 Å². The van der Waals surface area contributed by atoms with Gasteiger partial charge in [0, 0.05) is 12.1 Å². The zero-order valence-electron chi connectivity index (χ0n) is 14.2. The fourth-order valence-electron chi connectivity index (χ4n) is 2.05. The van der Waals surface area contributed by atoms with Crippen molar-refractivity contribution in [3.63, 3.8) is 0 Å². The molecule has 3 rings (SSSR count). The van der Waals surface area contributed by atoms with Crippen molar-refractivity contribution < 1.29 is 4.79 Å². The number of aryl methyl sites for hydroxylation is 1. The first-order valence-corrected chi connectivity index (χ1v) is 9.12. The lowest BCUT2D eigenvalue weighted by molar-refractivity contribution is -0.113. The molecular weight excluding hydrogens is 348 g/mol. The van der Waals surface area contributed by atoms with Gasteiger partial charge in [-0.25, -0.2) is 4.98 Å². The number of aromatic amines is 1. The van der Waals surface area contributed by atoms with Crippen LogP contribution in [0.2, 0.25) is 0 Å². The van der Waals surface area contributed by atoms with Crippen molar-refractivity contribution in [1.29, 1.82) is 0 Å². The molecule has 26 heavy (non-hydrogen) atoms. The highest BCUT2D eigenvalue weighted by Crippen LogP contribution is 2.20. The van der Waals surface area contributed by atoms with Crippen molar-refractivity contribution in [2.75, 3.05) is 11.1 Å². The van der Waals surface area contributed by atoms with Crippen LogP contribution >= 0.6 is 11.8 Å². The molecule has 3 aromatic rings. The smallest absolute Gasteiger partial charge is 0.234 e. The maximum absolute atomic E-state index is 12.0. The number of hydrogen-bond acceptors (Lipinski definition) is 6. The average Bonchev–Trinajstić information content (AvgIpc) is 3.15. The van der Waals surface area contributed by atoms with Crippen LogP contribution in [0.4, 0.5) is 17.1 Å². The Morgan fingerprint density at radius 1 is 1.08 bits per heavy atom. The van der Waals surface area contributed by atoms with Gasteiger partial charge in [0.25, 0.3) is 0 Å². The van der Waals surface area contributed by atoms with Crippen molar-refractivity contribution in [3.05, 3.63) is 60.4 Å². The Hall–Kier alpha value is -3.00. The summed E-state index contributed by atoms with van der Waals surface area (Å²) in [6.45, 7) is 1.99. The van der Waals surface area contributed by atoms with E-state index in [4.69, 9.17) is 0 Å². The number of thioether (sulfide) groups is 1. The van der Waals surface area contributed by atoms with Gasteiger partial charge in [-0.1, -0.05) is 36.9 Å². The number of carbonyl (C=O) groups is 1. The minimum absolute atomic E-state index is 0.114. The van der Waals surface area contributed by atoms with Crippen LogP contribution in [0, 0.1) is 0 Å². The highest BCUT2D eigenvalue weighted by molar-refractivity contribution is 7.99. The van der Waals surface area contributed by atoms with Crippen LogP contribution in [0.1, 0.15) is 12.7 Å². The van der Waals surface area contributed by atoms with Gasteiger partial charge in [-0.3, -0.25) is 9.89 Å². The Balaban J connectivity index is 1.50. The molecule has 1 amide bonds. The maximum Gasteiger partial charge on any atom is 0.234 e. The highest BCUT2D eigenvalue weighted by atomic mass is 32.2. The summed E-state index contributed by atoms with van der Waals surface area (Å²) in [5.74, 6) is 0.945. The van der Waals surface area contributed by atoms with Crippen LogP contribution in [-0.2, 0) is 11.2 Å². The summed E-state index contributed by atoms with van der Waals surface area (Å²) in [4.78, 5) is 16.3. The number of nitrogens with zero attached hydrogens (tertiary/aromatic N) is 4. The number of benzene rings is 2. The van der Waals surface area contributed by atoms with Gasteiger partial charge in [0.15, 0.2) is 0 Å². The van der Waals surface area contributed by atoms with Crippen LogP contribution in [0.5, 0.6) is 0 Å². The topological polar surface area (TPSA) is 95.4 Å². The SMILES string of the molecule is CCc1nc(SCC(=O)Nc2ccc(N=Nc3ccccc3)cc2)n[nH]1. The zero-order chi connectivity index (χ0) is 18.2. The molecule has 1 heterocycles. The van der Waals surface area contributed by atoms with Crippen molar-refractivity contribution >= 4 is 34.7 Å². The zero-order valence-corrected chi connectivity index (χ0v) is 15.0. The number of nitrogens with one attached hydrogen (secondary N) is 2. The summed E-state index contributed by atoms with van der Waals surface area (Å²) in [5, 5.41) is 18.6. The van der Waals surface area contributed by atoms with Crippen molar-refractivity contribution in [1.82, 2.24) is 15.2 Å². The van der Waals surface area contributed by atoms with Gasteiger partial charge in [-0.05, 0) is 36.4 Å². The lowest BCUT2D eigenvalue weighted by Gasteiger charge is -2.04. The van der Waals surface area contributed by atoms with Gasteiger partial charge >= 0.3 is 0 Å². The number of amides is 1. The van der Waals surface area contributed by atoms with E-state index in [0.29, 0.717) is 16.5 Å². The maximum atomic E-state index is 12.0. The van der Waals surface area contributed by atoms with Gasteiger partial charge in [-0.2, -0.15) is 10.2 Å². The Morgan fingerprint density at radius 3 is 2.42 bits per heavy atom. The van der Waals surface area contributed by atoms with E-state index < -0.39 is 0 Å². The third-order valence-corrected chi connectivity index (χ3v) is 4.21. The standard InChI is InChI=1S/C18H18N6OS/c1-2-16-20-18(24-23-16)26-12-17(25)19-13-8-10-15(11-9-13)22-21-14-6-4-3-5-7-14/h3-11H,2,12H2,1H3,(H,19,25)(H,20,23,24). The van der Waals surface area contributed by atoms with Crippen LogP contribution in [0.15, 0.2) is 70.0 Å². The number of H-pyrrole nitrogens is 1. The number of anilines is 1. The predicted octanol–water partition coefficient (Wildman–Crippen LogP) is 4.51. The molecule has 7 nitrogen and oxygen atoms in total. The van der Waals surface area contributed by atoms with Crippen molar-refractivity contribution in [3.8, 4) is 0 Å². The summed E-state index contributed by atoms with van der Waals surface area (Å²) < 4.78 is 0. The van der Waals surface area contributed by atoms with Crippen LogP contribution in [0.3, 0.4) is 0 Å². The van der Waals surface area contributed by atoms with Crippen molar-refractivity contribution in [2.24, 2.45) is 10.2 Å². The molecule has 0 atom stereocenters. The Bertz CT molecular complexity index is 876. The van der Waals surface area contributed by atoms with Crippen molar-refractivity contribution in [2.45, 2.75) is 18.5 Å². The summed E-state index contributed by atoms with van der Waals surface area (Å²) in [7, 11) is 0. The van der Waals surface area contributed by atoms with E-state index in [1.54, 1.807) is 24.3 Å². The fraction of sp³-hybridized carbons (Fsp3) is 0.167. The van der Waals surface area contributed by atoms with E-state index in [9.17, 15) is 4.79 Å². The van der Waals surface area contributed by atoms with E-state index in [-0.39, 0.29) is 11.7 Å². The quantitative estimate of drug-likeness (QED) is 0.475. The largest absolute Gasteiger partial charge is 0.325 e. The molecule has 0 unspecified atom stereocenters. The molecule has 8 heteroatoms. The minimum Gasteiger partial charge on any atom is -0.325 e. The van der Waals surface area contributed by atoms with Gasteiger partial charge < -0.3 is 5.32 Å². The number of carbonyl (C=O) groups excluding carboxylic acids is 1. The molecule has 0 aliphatic heterocycles. The van der Waals surface area contributed by atoms with Gasteiger partial charge in [-0.15, -0.1) is 5.10 Å². The Labute approximate surface area is 155 Å². The molecule has 2 aromatic carbocycles. The number of rotatable bonds is 7. The average molecular weight is 366 g/mol. The van der Waals surface area contributed by atoms with Gasteiger partial charge in [0.2, 0.25) is 11.1 Å². The minimum atomic E-state index is -0.114. The third-order valence-electron chi connectivity index (χ3n) is 3.37. The Kier molecular flexibility index (Phi) is 6.10. The monoisotopic (exact) mass is 366 g/mol. The molecule has 0 saturated carbocycles. The summed E-state index contributed by atoms with van der Waals surface area (Å²) in [6, 6.07) is 16.7. The summed E-state index contributed by atoms with van der Waals surface area (Å²) in [5.41, 5.74) is 2.22. The predicted molar refractivity (Wildman–Crippen MR) is 102 cm³/mol. The lowest BCUT2D eigenvalue weighted by atomic mass is 10.3. The molecule has 0 fully saturated rings. The van der Waals surface area contributed by atoms with E-state index in [1.807, 2.05) is 37.3 Å². The van der Waals surface area contributed by atoms with Crippen LogP contribution in [-0.4, -0.2) is 26.8 Å². The first kappa shape index (κ1) is 17.8. The molecule has 132 valence electrons. The normalized spacial score (nSPS) is 11.0. The van der Waals surface area contributed by atoms with Crippen LogP contribution in [0.25, 0.3) is 0 Å². The fourth-order valence-corrected chi connectivity index (χ4v) is 2.67. The summed E-state index contributed by atoms with van der Waals surface area (Å²) in [6.07, 6.45) is 0.785. The second kappa shape index (κ2) is 8.91. The second-order valence-corrected chi connectivity index (χ2v) is 6.28. The second-order valence-electron chi connectivity index (χ2n) is 5.34. The van der Waals surface area contributed by atoms with E-state index in [0.717, 1.165) is 17.9 Å². The number of azo groups is 1. The molecule has 0 radical (unpaired) electrons. The molecule has 0 spiro atoms. The molecule has 2 N–H and O–H groups in total. The van der Waals surface area contributed by atoms with E-state index >= 15 is 0 Å². The highest BCUT2D eigenvalue weighted by Gasteiger charge is 2.07. The first-order valence-electron chi connectivity index (χ1n) is 8.13. The third kappa shape index (κ3) is 5.25. The molecule has 0 saturated heterocycles. The Morgan fingerprint density at radius 2 is 1.77 bits per heavy atom. The first-order chi connectivity index (χ1) is 12.7.